The molecule has 3 aromatic rings. The van der Waals surface area contributed by atoms with Gasteiger partial charge in [0.2, 0.25) is 0 Å². The van der Waals surface area contributed by atoms with Crippen molar-refractivity contribution in [3.8, 4) is 0 Å². The normalized spacial score (nSPS) is 12.4. The Morgan fingerprint density at radius 1 is 1.38 bits per heavy atom. The van der Waals surface area contributed by atoms with Crippen molar-refractivity contribution in [1.82, 2.24) is 10.3 Å². The highest BCUT2D eigenvalue weighted by atomic mass is 32.1. The first-order chi connectivity index (χ1) is 10.1. The van der Waals surface area contributed by atoms with Crippen molar-refractivity contribution in [3.63, 3.8) is 0 Å². The number of carbonyl (C=O) groups excluding carboxylic acids is 1. The molecular weight excluding hydrogens is 282 g/mol. The van der Waals surface area contributed by atoms with Crippen LogP contribution < -0.4 is 11.1 Å². The molecule has 0 bridgehead atoms. The monoisotopic (exact) mass is 299 g/mol. The van der Waals surface area contributed by atoms with E-state index in [4.69, 9.17) is 5.73 Å². The summed E-state index contributed by atoms with van der Waals surface area (Å²) in [6.07, 6.45) is 0.839. The highest BCUT2D eigenvalue weighted by Crippen LogP contribution is 2.21. The smallest absolute Gasteiger partial charge is 0.267 e. The van der Waals surface area contributed by atoms with Gasteiger partial charge in [0.05, 0.1) is 11.2 Å². The summed E-state index contributed by atoms with van der Waals surface area (Å²) in [7, 11) is 0. The van der Waals surface area contributed by atoms with Gasteiger partial charge in [-0.15, -0.1) is 11.3 Å². The number of carbonyl (C=O) groups is 1. The Balaban J connectivity index is 1.73. The van der Waals surface area contributed by atoms with Gasteiger partial charge in [0.15, 0.2) is 0 Å². The number of anilines is 1. The molecule has 2 aromatic heterocycles. The summed E-state index contributed by atoms with van der Waals surface area (Å²) < 4.78 is 0. The molecule has 3 rings (SSSR count). The Morgan fingerprint density at radius 3 is 2.95 bits per heavy atom. The van der Waals surface area contributed by atoms with Crippen LogP contribution in [0.25, 0.3) is 10.9 Å². The van der Waals surface area contributed by atoms with Gasteiger partial charge >= 0.3 is 0 Å². The zero-order chi connectivity index (χ0) is 14.8. The van der Waals surface area contributed by atoms with Crippen molar-refractivity contribution in [2.24, 2.45) is 0 Å². The number of hydrogen-bond acceptors (Lipinski definition) is 3. The molecule has 0 aliphatic heterocycles. The van der Waals surface area contributed by atoms with Gasteiger partial charge in [0.25, 0.3) is 5.91 Å². The fraction of sp³-hybridized carbons (Fsp3) is 0.188. The molecule has 21 heavy (non-hydrogen) atoms. The fourth-order valence-electron chi connectivity index (χ4n) is 2.39. The van der Waals surface area contributed by atoms with E-state index in [1.165, 1.54) is 4.88 Å². The molecule has 0 radical (unpaired) electrons. The molecule has 1 amide bonds. The minimum atomic E-state index is -0.102. The number of hydrogen-bond donors (Lipinski definition) is 3. The van der Waals surface area contributed by atoms with Crippen LogP contribution in [0.2, 0.25) is 0 Å². The molecule has 0 saturated carbocycles. The molecule has 1 atom stereocenters. The predicted octanol–water partition coefficient (Wildman–Crippen LogP) is 3.17. The first-order valence-corrected chi connectivity index (χ1v) is 7.72. The van der Waals surface area contributed by atoms with Crippen molar-refractivity contribution in [2.75, 3.05) is 5.73 Å². The van der Waals surface area contributed by atoms with E-state index in [9.17, 15) is 4.79 Å². The Hall–Kier alpha value is -2.27. The Kier molecular flexibility index (Phi) is 3.66. The highest BCUT2D eigenvalue weighted by Gasteiger charge is 2.13. The predicted molar refractivity (Wildman–Crippen MR) is 87.7 cm³/mol. The molecule has 0 aliphatic carbocycles. The maximum atomic E-state index is 12.3. The van der Waals surface area contributed by atoms with Crippen molar-refractivity contribution in [1.29, 1.82) is 0 Å². The third kappa shape index (κ3) is 2.92. The molecule has 1 unspecified atom stereocenters. The number of nitrogen functional groups attached to an aromatic ring is 1. The number of thiophene rings is 1. The van der Waals surface area contributed by atoms with Gasteiger partial charge in [0.1, 0.15) is 5.69 Å². The molecule has 0 spiro atoms. The van der Waals surface area contributed by atoms with E-state index in [1.54, 1.807) is 11.3 Å². The van der Waals surface area contributed by atoms with Crippen LogP contribution in [-0.4, -0.2) is 16.9 Å². The summed E-state index contributed by atoms with van der Waals surface area (Å²) in [5.74, 6) is -0.102. The molecule has 0 fully saturated rings. The van der Waals surface area contributed by atoms with Crippen LogP contribution in [-0.2, 0) is 6.42 Å². The Morgan fingerprint density at radius 2 is 2.24 bits per heavy atom. The van der Waals surface area contributed by atoms with Crippen molar-refractivity contribution >= 4 is 33.8 Å². The van der Waals surface area contributed by atoms with E-state index in [2.05, 4.69) is 16.4 Å². The molecule has 2 heterocycles. The lowest BCUT2D eigenvalue weighted by molar-refractivity contribution is 0.0936. The van der Waals surface area contributed by atoms with E-state index >= 15 is 0 Å². The van der Waals surface area contributed by atoms with E-state index in [-0.39, 0.29) is 11.9 Å². The minimum Gasteiger partial charge on any atom is -0.397 e. The van der Waals surface area contributed by atoms with Crippen LogP contribution in [0.3, 0.4) is 0 Å². The summed E-state index contributed by atoms with van der Waals surface area (Å²) in [5.41, 5.74) is 7.91. The number of fused-ring (bicyclic) bond motifs is 1. The number of amides is 1. The first-order valence-electron chi connectivity index (χ1n) is 6.84. The number of nitrogens with two attached hydrogens (primary N) is 1. The summed E-state index contributed by atoms with van der Waals surface area (Å²) in [4.78, 5) is 16.6. The maximum absolute atomic E-state index is 12.3. The van der Waals surface area contributed by atoms with E-state index < -0.39 is 0 Å². The van der Waals surface area contributed by atoms with Crippen molar-refractivity contribution in [3.05, 3.63) is 52.3 Å². The molecule has 5 heteroatoms. The van der Waals surface area contributed by atoms with Gasteiger partial charge in [-0.1, -0.05) is 18.2 Å². The van der Waals surface area contributed by atoms with Gasteiger partial charge in [-0.25, -0.2) is 0 Å². The largest absolute Gasteiger partial charge is 0.397 e. The maximum Gasteiger partial charge on any atom is 0.267 e. The standard InChI is InChI=1S/C16H17N3OS/c1-10(8-12-5-3-7-21-12)18-16(20)14-9-11-4-2-6-13(17)15(11)19-14/h2-7,9-10,19H,8,17H2,1H3,(H,18,20). The average Bonchev–Trinajstić information content (AvgIpc) is 3.07. The minimum absolute atomic E-state index is 0.0832. The third-order valence-corrected chi connectivity index (χ3v) is 4.30. The highest BCUT2D eigenvalue weighted by molar-refractivity contribution is 7.09. The summed E-state index contributed by atoms with van der Waals surface area (Å²) in [5, 5.41) is 6.01. The molecular formula is C16H17N3OS. The van der Waals surface area contributed by atoms with Crippen molar-refractivity contribution < 1.29 is 4.79 Å². The van der Waals surface area contributed by atoms with E-state index in [0.717, 1.165) is 17.3 Å². The molecule has 108 valence electrons. The number of H-pyrrole nitrogens is 1. The second-order valence-electron chi connectivity index (χ2n) is 5.15. The quantitative estimate of drug-likeness (QED) is 0.648. The fourth-order valence-corrected chi connectivity index (χ4v) is 3.22. The van der Waals surface area contributed by atoms with Crippen molar-refractivity contribution in [2.45, 2.75) is 19.4 Å². The lowest BCUT2D eigenvalue weighted by Crippen LogP contribution is -2.34. The number of nitrogens with one attached hydrogen (secondary N) is 2. The molecule has 4 N–H and O–H groups in total. The number of aromatic nitrogens is 1. The van der Waals surface area contributed by atoms with Crippen LogP contribution in [0.5, 0.6) is 0 Å². The van der Waals surface area contributed by atoms with Crippen LogP contribution in [0.4, 0.5) is 5.69 Å². The Bertz CT molecular complexity index is 761. The first kappa shape index (κ1) is 13.7. The molecule has 1 aromatic carbocycles. The Labute approximate surface area is 127 Å². The van der Waals surface area contributed by atoms with Crippen LogP contribution in [0.15, 0.2) is 41.8 Å². The molecule has 4 nitrogen and oxygen atoms in total. The molecule has 0 saturated heterocycles. The second-order valence-corrected chi connectivity index (χ2v) is 6.18. The number of rotatable bonds is 4. The topological polar surface area (TPSA) is 70.9 Å². The van der Waals surface area contributed by atoms with Gasteiger partial charge < -0.3 is 16.0 Å². The number of aromatic amines is 1. The van der Waals surface area contributed by atoms with Gasteiger partial charge in [0, 0.05) is 22.7 Å². The van der Waals surface area contributed by atoms with Gasteiger partial charge in [-0.3, -0.25) is 4.79 Å². The van der Waals surface area contributed by atoms with Crippen LogP contribution in [0, 0.1) is 0 Å². The lowest BCUT2D eigenvalue weighted by atomic mass is 10.2. The zero-order valence-corrected chi connectivity index (χ0v) is 12.5. The van der Waals surface area contributed by atoms with Crippen LogP contribution in [0.1, 0.15) is 22.3 Å². The number of para-hydroxylation sites is 1. The van der Waals surface area contributed by atoms with Gasteiger partial charge in [-0.05, 0) is 30.5 Å². The summed E-state index contributed by atoms with van der Waals surface area (Å²) >= 11 is 1.70. The summed E-state index contributed by atoms with van der Waals surface area (Å²) in [6.45, 7) is 2.01. The summed E-state index contributed by atoms with van der Waals surface area (Å²) in [6, 6.07) is 11.7. The van der Waals surface area contributed by atoms with Crippen LogP contribution >= 0.6 is 11.3 Å². The average molecular weight is 299 g/mol. The van der Waals surface area contributed by atoms with E-state index in [0.29, 0.717) is 11.4 Å². The third-order valence-electron chi connectivity index (χ3n) is 3.40. The zero-order valence-electron chi connectivity index (χ0n) is 11.7. The molecule has 0 aliphatic rings. The van der Waals surface area contributed by atoms with E-state index in [1.807, 2.05) is 42.6 Å². The SMILES string of the molecule is CC(Cc1cccs1)NC(=O)c1cc2cccc(N)c2[nH]1. The van der Waals surface area contributed by atoms with Gasteiger partial charge in [-0.2, -0.15) is 0 Å². The second kappa shape index (κ2) is 5.61. The lowest BCUT2D eigenvalue weighted by Gasteiger charge is -2.12. The number of benzene rings is 1.